The Morgan fingerprint density at radius 2 is 1.71 bits per heavy atom. The monoisotopic (exact) mass is 474 g/mol. The van der Waals surface area contributed by atoms with E-state index < -0.39 is 5.97 Å². The normalized spacial score (nSPS) is 14.8. The van der Waals surface area contributed by atoms with E-state index in [0.717, 1.165) is 64.5 Å². The second-order valence-electron chi connectivity index (χ2n) is 9.26. The zero-order valence-corrected chi connectivity index (χ0v) is 20.5. The van der Waals surface area contributed by atoms with Gasteiger partial charge in [-0.3, -0.25) is 9.78 Å². The molecule has 1 aliphatic heterocycles. The molecule has 0 unspecified atom stereocenters. The first-order valence-electron chi connectivity index (χ1n) is 12.1. The van der Waals surface area contributed by atoms with Crippen LogP contribution in [0.1, 0.15) is 51.1 Å². The molecule has 0 saturated heterocycles. The van der Waals surface area contributed by atoms with Crippen molar-refractivity contribution in [3.05, 3.63) is 63.8 Å². The summed E-state index contributed by atoms with van der Waals surface area (Å²) in [7, 11) is 3.21. The van der Waals surface area contributed by atoms with Crippen molar-refractivity contribution in [3.63, 3.8) is 0 Å². The third-order valence-electron chi connectivity index (χ3n) is 7.02. The third kappa shape index (κ3) is 4.43. The number of rotatable bonds is 5. The quantitative estimate of drug-likeness (QED) is 0.517. The van der Waals surface area contributed by atoms with Crippen molar-refractivity contribution >= 4 is 22.8 Å². The second-order valence-corrected chi connectivity index (χ2v) is 9.26. The Morgan fingerprint density at radius 1 is 0.971 bits per heavy atom. The van der Waals surface area contributed by atoms with Gasteiger partial charge >= 0.3 is 5.97 Å². The standard InChI is InChI=1S/C28H30N2O5/c1-17-8-9-23-21(12-17)27(20-6-4-5-7-22(20)29-23)28(32)35-16-26(31)30-11-10-18-13-24(33-2)25(34-3)14-19(18)15-30/h8-9,12-14H,4-7,10-11,15-16H2,1-3H3. The predicted octanol–water partition coefficient (Wildman–Crippen LogP) is 4.18. The summed E-state index contributed by atoms with van der Waals surface area (Å²) in [5, 5.41) is 0.802. The number of ether oxygens (including phenoxy) is 3. The smallest absolute Gasteiger partial charge is 0.339 e. The van der Waals surface area contributed by atoms with Crippen molar-refractivity contribution in [1.29, 1.82) is 0 Å². The molecule has 182 valence electrons. The molecule has 2 heterocycles. The Balaban J connectivity index is 1.34. The zero-order chi connectivity index (χ0) is 24.5. The molecule has 5 rings (SSSR count). The van der Waals surface area contributed by atoms with Crippen LogP contribution in [0.5, 0.6) is 11.5 Å². The van der Waals surface area contributed by atoms with Crippen LogP contribution in [0.15, 0.2) is 30.3 Å². The van der Waals surface area contributed by atoms with Gasteiger partial charge in [0.05, 0.1) is 25.3 Å². The van der Waals surface area contributed by atoms with E-state index >= 15 is 0 Å². The Morgan fingerprint density at radius 3 is 2.49 bits per heavy atom. The number of benzene rings is 2. The summed E-state index contributed by atoms with van der Waals surface area (Å²) in [6, 6.07) is 9.82. The molecule has 3 aromatic rings. The molecule has 0 radical (unpaired) electrons. The Bertz CT molecular complexity index is 1320. The maximum Gasteiger partial charge on any atom is 0.339 e. The molecule has 1 amide bonds. The lowest BCUT2D eigenvalue weighted by Gasteiger charge is -2.29. The molecular weight excluding hydrogens is 444 g/mol. The van der Waals surface area contributed by atoms with E-state index in [-0.39, 0.29) is 12.5 Å². The number of pyridine rings is 1. The highest BCUT2D eigenvalue weighted by Gasteiger charge is 2.27. The van der Waals surface area contributed by atoms with E-state index in [0.29, 0.717) is 36.6 Å². The molecule has 0 saturated carbocycles. The second kappa shape index (κ2) is 9.56. The van der Waals surface area contributed by atoms with E-state index in [1.807, 2.05) is 37.3 Å². The Kier molecular flexibility index (Phi) is 6.32. The van der Waals surface area contributed by atoms with Gasteiger partial charge in [0.1, 0.15) is 0 Å². The van der Waals surface area contributed by atoms with Crippen molar-refractivity contribution in [2.24, 2.45) is 0 Å². The lowest BCUT2D eigenvalue weighted by atomic mass is 9.89. The molecule has 0 spiro atoms. The van der Waals surface area contributed by atoms with Crippen molar-refractivity contribution in [2.75, 3.05) is 27.4 Å². The van der Waals surface area contributed by atoms with Crippen LogP contribution in [0, 0.1) is 6.92 Å². The van der Waals surface area contributed by atoms with E-state index in [2.05, 4.69) is 0 Å². The number of methoxy groups -OCH3 is 2. The van der Waals surface area contributed by atoms with Gasteiger partial charge in [-0.05, 0) is 80.0 Å². The zero-order valence-electron chi connectivity index (χ0n) is 20.5. The average Bonchev–Trinajstić information content (AvgIpc) is 2.89. The topological polar surface area (TPSA) is 78.0 Å². The van der Waals surface area contributed by atoms with Gasteiger partial charge in [-0.2, -0.15) is 0 Å². The van der Waals surface area contributed by atoms with E-state index in [1.54, 1.807) is 19.1 Å². The average molecular weight is 475 g/mol. The maximum absolute atomic E-state index is 13.3. The molecule has 35 heavy (non-hydrogen) atoms. The summed E-state index contributed by atoms with van der Waals surface area (Å²) in [5.74, 6) is 0.667. The largest absolute Gasteiger partial charge is 0.493 e. The van der Waals surface area contributed by atoms with Crippen LogP contribution >= 0.6 is 0 Å². The van der Waals surface area contributed by atoms with E-state index in [4.69, 9.17) is 19.2 Å². The molecular formula is C28H30N2O5. The number of aryl methyl sites for hydroxylation is 2. The van der Waals surface area contributed by atoms with Crippen LogP contribution in [-0.2, 0) is 35.3 Å². The van der Waals surface area contributed by atoms with Crippen LogP contribution in [0.25, 0.3) is 10.9 Å². The van der Waals surface area contributed by atoms with Gasteiger partial charge in [-0.1, -0.05) is 11.6 Å². The number of hydrogen-bond acceptors (Lipinski definition) is 6. The van der Waals surface area contributed by atoms with Gasteiger partial charge in [-0.25, -0.2) is 4.79 Å². The predicted molar refractivity (Wildman–Crippen MR) is 132 cm³/mol. The summed E-state index contributed by atoms with van der Waals surface area (Å²) in [5.41, 5.74) is 6.52. The first-order valence-corrected chi connectivity index (χ1v) is 12.1. The lowest BCUT2D eigenvalue weighted by molar-refractivity contribution is -0.135. The minimum atomic E-state index is -0.446. The third-order valence-corrected chi connectivity index (χ3v) is 7.02. The number of nitrogens with zero attached hydrogens (tertiary/aromatic N) is 2. The summed E-state index contributed by atoms with van der Waals surface area (Å²) in [4.78, 5) is 32.9. The van der Waals surface area contributed by atoms with Crippen LogP contribution in [0.4, 0.5) is 0 Å². The van der Waals surface area contributed by atoms with Gasteiger partial charge in [0.2, 0.25) is 0 Å². The first kappa shape index (κ1) is 23.1. The summed E-state index contributed by atoms with van der Waals surface area (Å²) < 4.78 is 16.4. The molecule has 1 aliphatic carbocycles. The molecule has 1 aromatic heterocycles. The first-order chi connectivity index (χ1) is 17.0. The van der Waals surface area contributed by atoms with Crippen molar-refractivity contribution in [1.82, 2.24) is 9.88 Å². The highest BCUT2D eigenvalue weighted by molar-refractivity contribution is 6.05. The molecule has 0 atom stereocenters. The van der Waals surface area contributed by atoms with Gasteiger partial charge in [0.15, 0.2) is 18.1 Å². The van der Waals surface area contributed by atoms with Crippen molar-refractivity contribution in [2.45, 2.75) is 45.6 Å². The molecule has 0 fully saturated rings. The van der Waals surface area contributed by atoms with Gasteiger partial charge in [0.25, 0.3) is 5.91 Å². The minimum absolute atomic E-state index is 0.206. The maximum atomic E-state index is 13.3. The molecule has 0 bridgehead atoms. The van der Waals surface area contributed by atoms with E-state index in [9.17, 15) is 9.59 Å². The van der Waals surface area contributed by atoms with E-state index in [1.165, 1.54) is 0 Å². The lowest BCUT2D eigenvalue weighted by Crippen LogP contribution is -2.38. The Hall–Kier alpha value is -3.61. The number of hydrogen-bond donors (Lipinski definition) is 0. The van der Waals surface area contributed by atoms with Crippen LogP contribution < -0.4 is 9.47 Å². The highest BCUT2D eigenvalue weighted by Crippen LogP contribution is 2.34. The molecule has 0 N–H and O–H groups in total. The number of carbonyl (C=O) groups is 2. The van der Waals surface area contributed by atoms with Crippen molar-refractivity contribution in [3.8, 4) is 11.5 Å². The van der Waals surface area contributed by atoms with Gasteiger partial charge < -0.3 is 19.1 Å². The number of esters is 1. The molecule has 2 aromatic carbocycles. The fourth-order valence-corrected chi connectivity index (χ4v) is 5.16. The van der Waals surface area contributed by atoms with Crippen LogP contribution in [0.3, 0.4) is 0 Å². The van der Waals surface area contributed by atoms with Gasteiger partial charge in [-0.15, -0.1) is 0 Å². The highest BCUT2D eigenvalue weighted by atomic mass is 16.5. The number of amides is 1. The van der Waals surface area contributed by atoms with Crippen LogP contribution in [0.2, 0.25) is 0 Å². The molecule has 2 aliphatic rings. The van der Waals surface area contributed by atoms with Crippen molar-refractivity contribution < 1.29 is 23.8 Å². The van der Waals surface area contributed by atoms with Gasteiger partial charge in [0, 0.05) is 24.2 Å². The summed E-state index contributed by atoms with van der Waals surface area (Å²) >= 11 is 0. The fraction of sp³-hybridized carbons (Fsp3) is 0.393. The fourth-order valence-electron chi connectivity index (χ4n) is 5.16. The van der Waals surface area contributed by atoms with Crippen LogP contribution in [-0.4, -0.2) is 49.1 Å². The number of aromatic nitrogens is 1. The molecule has 7 nitrogen and oxygen atoms in total. The summed E-state index contributed by atoms with van der Waals surface area (Å²) in [6.45, 7) is 2.71. The minimum Gasteiger partial charge on any atom is -0.493 e. The SMILES string of the molecule is COc1cc2c(cc1OC)CN(C(=O)COC(=O)c1c3c(nc4ccc(C)cc14)CCCC3)CC2. The number of fused-ring (bicyclic) bond motifs is 3. The Labute approximate surface area is 205 Å². The molecule has 7 heteroatoms. The summed E-state index contributed by atoms with van der Waals surface area (Å²) in [6.07, 6.45) is 4.46. The number of carbonyl (C=O) groups excluding carboxylic acids is 2.